The number of anilines is 1. The lowest BCUT2D eigenvalue weighted by Crippen LogP contribution is -2.45. The van der Waals surface area contributed by atoms with Crippen molar-refractivity contribution in [2.24, 2.45) is 16.8 Å². The van der Waals surface area contributed by atoms with Crippen LogP contribution in [0.3, 0.4) is 0 Å². The molecule has 0 radical (unpaired) electrons. The van der Waals surface area contributed by atoms with Crippen molar-refractivity contribution in [2.45, 2.75) is 81.2 Å². The zero-order valence-corrected chi connectivity index (χ0v) is 26.0. The lowest BCUT2D eigenvalue weighted by atomic mass is 9.98. The molecule has 214 valence electrons. The summed E-state index contributed by atoms with van der Waals surface area (Å²) in [7, 11) is 0. The first-order chi connectivity index (χ1) is 18.5. The van der Waals surface area contributed by atoms with Gasteiger partial charge in [0.15, 0.2) is 0 Å². The van der Waals surface area contributed by atoms with Gasteiger partial charge < -0.3 is 14.6 Å². The number of oxazole rings is 1. The predicted octanol–water partition coefficient (Wildman–Crippen LogP) is 9.08. The molecule has 2 rings (SSSR count). The molecule has 0 spiro atoms. The number of aliphatic imine (C=N–C) groups is 1. The molecule has 39 heavy (non-hydrogen) atoms. The molecule has 0 aliphatic carbocycles. The number of allylic oxidation sites excluding steroid dienone is 10. The average molecular weight is 533 g/mol. The molecule has 1 saturated heterocycles. The van der Waals surface area contributed by atoms with Gasteiger partial charge in [-0.3, -0.25) is 4.99 Å². The van der Waals surface area contributed by atoms with Gasteiger partial charge in [-0.05, 0) is 80.4 Å². The van der Waals surface area contributed by atoms with Gasteiger partial charge in [0.05, 0.1) is 5.70 Å². The fourth-order valence-corrected chi connectivity index (χ4v) is 3.51. The number of aromatic nitrogens is 1. The van der Waals surface area contributed by atoms with Gasteiger partial charge in [-0.25, -0.2) is 0 Å². The highest BCUT2D eigenvalue weighted by molar-refractivity contribution is 5.86. The van der Waals surface area contributed by atoms with E-state index in [4.69, 9.17) is 4.42 Å². The van der Waals surface area contributed by atoms with Crippen molar-refractivity contribution >= 4 is 17.9 Å². The quantitative estimate of drug-likeness (QED) is 0.203. The van der Waals surface area contributed by atoms with E-state index in [0.717, 1.165) is 53.4 Å². The Hall–Kier alpha value is -3.34. The second kappa shape index (κ2) is 17.3. The molecule has 5 nitrogen and oxygen atoms in total. The normalized spacial score (nSPS) is 16.1. The Kier molecular flexibility index (Phi) is 14.9. The lowest BCUT2D eigenvalue weighted by molar-refractivity contribution is 0.401. The summed E-state index contributed by atoms with van der Waals surface area (Å²) < 4.78 is 5.64. The Morgan fingerprint density at radius 3 is 2.21 bits per heavy atom. The zero-order valence-electron chi connectivity index (χ0n) is 26.0. The van der Waals surface area contributed by atoms with Crippen LogP contribution in [-0.2, 0) is 0 Å². The molecule has 1 fully saturated rings. The summed E-state index contributed by atoms with van der Waals surface area (Å²) in [6.45, 7) is 33.4. The van der Waals surface area contributed by atoms with Gasteiger partial charge in [-0.1, -0.05) is 79.0 Å². The molecular formula is C34H52N4O. The van der Waals surface area contributed by atoms with Crippen molar-refractivity contribution in [3.8, 4) is 0 Å². The van der Waals surface area contributed by atoms with Crippen LogP contribution >= 0.6 is 0 Å². The smallest absolute Gasteiger partial charge is 0.297 e. The van der Waals surface area contributed by atoms with E-state index in [1.165, 1.54) is 6.42 Å². The van der Waals surface area contributed by atoms with Crippen LogP contribution < -0.4 is 10.2 Å². The first-order valence-electron chi connectivity index (χ1n) is 14.2. The van der Waals surface area contributed by atoms with E-state index in [1.807, 2.05) is 45.2 Å². The van der Waals surface area contributed by atoms with E-state index in [9.17, 15) is 0 Å². The second-order valence-electron chi connectivity index (χ2n) is 10.6. The predicted molar refractivity (Wildman–Crippen MR) is 172 cm³/mol. The summed E-state index contributed by atoms with van der Waals surface area (Å²) in [4.78, 5) is 11.3. The Balaban J connectivity index is 0.00000139. The molecule has 0 saturated carbocycles. The first kappa shape index (κ1) is 33.7. The van der Waals surface area contributed by atoms with Crippen LogP contribution in [0.4, 0.5) is 6.01 Å². The zero-order chi connectivity index (χ0) is 29.5. The Morgan fingerprint density at radius 1 is 1.10 bits per heavy atom. The van der Waals surface area contributed by atoms with Crippen molar-refractivity contribution in [3.05, 3.63) is 90.1 Å². The number of hydrogen-bond donors (Lipinski definition) is 1. The summed E-state index contributed by atoms with van der Waals surface area (Å²) in [6.07, 6.45) is 15.9. The van der Waals surface area contributed by atoms with Crippen molar-refractivity contribution in [1.29, 1.82) is 0 Å². The molecule has 0 aromatic carbocycles. The molecule has 1 aliphatic heterocycles. The molecule has 2 heterocycles. The van der Waals surface area contributed by atoms with E-state index in [0.29, 0.717) is 23.3 Å². The van der Waals surface area contributed by atoms with Crippen molar-refractivity contribution in [3.63, 3.8) is 0 Å². The molecular weight excluding hydrogens is 480 g/mol. The Labute approximate surface area is 238 Å². The average Bonchev–Trinajstić information content (AvgIpc) is 3.37. The third-order valence-corrected chi connectivity index (χ3v) is 6.61. The monoisotopic (exact) mass is 532 g/mol. The largest absolute Gasteiger partial charge is 0.431 e. The minimum Gasteiger partial charge on any atom is -0.431 e. The minimum atomic E-state index is 0.282. The summed E-state index contributed by atoms with van der Waals surface area (Å²) in [6, 6.07) is 0.930. The van der Waals surface area contributed by atoms with Crippen LogP contribution in [0.2, 0.25) is 0 Å². The maximum atomic E-state index is 5.64. The van der Waals surface area contributed by atoms with Gasteiger partial charge in [0, 0.05) is 31.0 Å². The van der Waals surface area contributed by atoms with Crippen LogP contribution in [0.1, 0.15) is 80.8 Å². The maximum Gasteiger partial charge on any atom is 0.297 e. The van der Waals surface area contributed by atoms with Crippen LogP contribution in [0.5, 0.6) is 0 Å². The highest BCUT2D eigenvalue weighted by atomic mass is 16.4. The van der Waals surface area contributed by atoms with Gasteiger partial charge in [0.2, 0.25) is 0 Å². The van der Waals surface area contributed by atoms with Gasteiger partial charge in [-0.15, -0.1) is 0 Å². The molecule has 1 aliphatic rings. The summed E-state index contributed by atoms with van der Waals surface area (Å²) in [5.41, 5.74) is 6.19. The molecule has 1 unspecified atom stereocenters. The van der Waals surface area contributed by atoms with Crippen molar-refractivity contribution in [2.75, 3.05) is 18.0 Å². The van der Waals surface area contributed by atoms with Crippen LogP contribution in [0.25, 0.3) is 5.70 Å². The summed E-state index contributed by atoms with van der Waals surface area (Å²) >= 11 is 0. The maximum absolute atomic E-state index is 5.64. The van der Waals surface area contributed by atoms with Gasteiger partial charge >= 0.3 is 0 Å². The third kappa shape index (κ3) is 11.5. The van der Waals surface area contributed by atoms with Gasteiger partial charge in [0.25, 0.3) is 6.01 Å². The fraction of sp³-hybridized carbons (Fsp3) is 0.471. The third-order valence-electron chi connectivity index (χ3n) is 6.61. The standard InChI is InChI=1S/C29H40N4O.C5H12/c1-10-22(7)30-16-26(13-4)21(6)14-27(25(11-2)12-3)15-23(8)31-24(9)28-19-34-29(32-28)33-17-20(5)18-33;1-4-5(2)3/h11-16,19-20,22,31H,2,6,9-10,17-18H2,1,3-5,7-8H3;5H,4H2,1-3H3/b23-15+,25-12-,26-13+,27-14-,30-16?;. The Morgan fingerprint density at radius 2 is 1.72 bits per heavy atom. The van der Waals surface area contributed by atoms with Crippen LogP contribution in [0, 0.1) is 11.8 Å². The molecule has 1 N–H and O–H groups in total. The van der Waals surface area contributed by atoms with Crippen LogP contribution in [0.15, 0.2) is 93.8 Å². The summed E-state index contributed by atoms with van der Waals surface area (Å²) in [5, 5.41) is 3.34. The van der Waals surface area contributed by atoms with E-state index < -0.39 is 0 Å². The van der Waals surface area contributed by atoms with E-state index >= 15 is 0 Å². The van der Waals surface area contributed by atoms with Gasteiger partial charge in [0.1, 0.15) is 12.0 Å². The van der Waals surface area contributed by atoms with Crippen molar-refractivity contribution in [1.82, 2.24) is 10.3 Å². The minimum absolute atomic E-state index is 0.282. The highest BCUT2D eigenvalue weighted by Gasteiger charge is 2.26. The Bertz CT molecular complexity index is 1100. The first-order valence-corrected chi connectivity index (χ1v) is 14.2. The number of hydrogen-bond acceptors (Lipinski definition) is 5. The topological polar surface area (TPSA) is 53.7 Å². The highest BCUT2D eigenvalue weighted by Crippen LogP contribution is 2.25. The molecule has 1 aromatic heterocycles. The summed E-state index contributed by atoms with van der Waals surface area (Å²) in [5.74, 6) is 1.56. The second-order valence-corrected chi connectivity index (χ2v) is 10.6. The number of nitrogens with one attached hydrogen (secondary N) is 1. The van der Waals surface area contributed by atoms with Gasteiger partial charge in [-0.2, -0.15) is 4.98 Å². The SMILES string of the molecule is C=CC(=C/C)/C(=C\C(=C)/C(C=NC(C)CC)=C/C)/C=C(\C)NC(=C)c1coc(N2CC(C)C2)n1.CCC(C)C. The van der Waals surface area contributed by atoms with E-state index in [2.05, 4.69) is 93.6 Å². The number of nitrogens with zero attached hydrogens (tertiary/aromatic N) is 3. The van der Waals surface area contributed by atoms with E-state index in [1.54, 1.807) is 6.26 Å². The van der Waals surface area contributed by atoms with Crippen molar-refractivity contribution < 1.29 is 4.42 Å². The lowest BCUT2D eigenvalue weighted by Gasteiger charge is -2.35. The van der Waals surface area contributed by atoms with E-state index in [-0.39, 0.29) is 6.04 Å². The van der Waals surface area contributed by atoms with Crippen LogP contribution in [-0.4, -0.2) is 30.3 Å². The molecule has 1 atom stereocenters. The fourth-order valence-electron chi connectivity index (χ4n) is 3.51. The molecule has 0 amide bonds. The number of rotatable bonds is 13. The molecule has 1 aromatic rings. The molecule has 0 bridgehead atoms. The molecule has 5 heteroatoms.